The summed E-state index contributed by atoms with van der Waals surface area (Å²) in [7, 11) is 1.96. The summed E-state index contributed by atoms with van der Waals surface area (Å²) in [6.07, 6.45) is 5.19. The van der Waals surface area contributed by atoms with Crippen LogP contribution < -0.4 is 5.32 Å². The molecule has 1 saturated heterocycles. The van der Waals surface area contributed by atoms with Crippen molar-refractivity contribution in [2.24, 2.45) is 13.0 Å². The molecule has 1 aromatic carbocycles. The Morgan fingerprint density at radius 1 is 1.27 bits per heavy atom. The Bertz CT molecular complexity index is 897. The summed E-state index contributed by atoms with van der Waals surface area (Å²) in [5.74, 6) is 0.852. The van der Waals surface area contributed by atoms with Crippen molar-refractivity contribution < 1.29 is 9.53 Å². The molecule has 1 aliphatic heterocycles. The lowest BCUT2D eigenvalue weighted by Gasteiger charge is -2.20. The second-order valence-electron chi connectivity index (χ2n) is 6.30. The minimum atomic E-state index is -0.00978. The third-order valence-corrected chi connectivity index (χ3v) is 5.49. The van der Waals surface area contributed by atoms with Crippen LogP contribution in [0.15, 0.2) is 42.7 Å². The van der Waals surface area contributed by atoms with Crippen molar-refractivity contribution in [2.75, 3.05) is 18.5 Å². The van der Waals surface area contributed by atoms with Crippen LogP contribution in [-0.2, 0) is 16.6 Å². The second kappa shape index (κ2) is 7.39. The van der Waals surface area contributed by atoms with Crippen LogP contribution in [0.5, 0.6) is 0 Å². The first-order chi connectivity index (χ1) is 12.7. The maximum absolute atomic E-state index is 12.6. The van der Waals surface area contributed by atoms with Gasteiger partial charge < -0.3 is 14.6 Å². The number of aromatic nitrogens is 3. The standard InChI is InChI=1S/C19H20N4O2S/c1-23-10-9-20-17(23)16-15(13-5-3-2-4-6-13)21-19(26-16)22-18(24)14-7-11-25-12-8-14/h2-6,9-10,14H,7-8,11-12H2,1H3,(H,21,22,24). The third kappa shape index (κ3) is 3.40. The van der Waals surface area contributed by atoms with Gasteiger partial charge in [0.05, 0.1) is 10.6 Å². The first-order valence-corrected chi connectivity index (χ1v) is 9.46. The van der Waals surface area contributed by atoms with Gasteiger partial charge in [-0.05, 0) is 12.8 Å². The number of hydrogen-bond acceptors (Lipinski definition) is 5. The number of imidazole rings is 1. The number of aryl methyl sites for hydroxylation is 1. The van der Waals surface area contributed by atoms with Crippen LogP contribution in [0.1, 0.15) is 12.8 Å². The molecule has 0 unspecified atom stereocenters. The molecule has 3 heterocycles. The van der Waals surface area contributed by atoms with Crippen LogP contribution in [-0.4, -0.2) is 33.7 Å². The number of carbonyl (C=O) groups excluding carboxylic acids is 1. The molecule has 0 atom stereocenters. The molecular formula is C19H20N4O2S. The van der Waals surface area contributed by atoms with E-state index in [-0.39, 0.29) is 11.8 Å². The predicted molar refractivity (Wildman–Crippen MR) is 102 cm³/mol. The van der Waals surface area contributed by atoms with Crippen LogP contribution >= 0.6 is 11.3 Å². The minimum Gasteiger partial charge on any atom is -0.381 e. The van der Waals surface area contributed by atoms with E-state index < -0.39 is 0 Å². The summed E-state index contributed by atoms with van der Waals surface area (Å²) in [6.45, 7) is 1.29. The van der Waals surface area contributed by atoms with Crippen molar-refractivity contribution in [1.82, 2.24) is 14.5 Å². The van der Waals surface area contributed by atoms with Gasteiger partial charge in [0.25, 0.3) is 0 Å². The summed E-state index contributed by atoms with van der Waals surface area (Å²) in [5.41, 5.74) is 1.85. The molecule has 3 aromatic rings. The van der Waals surface area contributed by atoms with E-state index in [0.29, 0.717) is 18.3 Å². The summed E-state index contributed by atoms with van der Waals surface area (Å²) in [5, 5.41) is 3.61. The number of benzene rings is 1. The van der Waals surface area contributed by atoms with Gasteiger partial charge in [-0.3, -0.25) is 4.79 Å². The lowest BCUT2D eigenvalue weighted by atomic mass is 10.00. The van der Waals surface area contributed by atoms with Gasteiger partial charge in [0.2, 0.25) is 5.91 Å². The molecule has 0 radical (unpaired) electrons. The van der Waals surface area contributed by atoms with Crippen LogP contribution in [0, 0.1) is 5.92 Å². The number of amides is 1. The van der Waals surface area contributed by atoms with Crippen molar-refractivity contribution in [3.8, 4) is 22.0 Å². The van der Waals surface area contributed by atoms with Crippen LogP contribution in [0.25, 0.3) is 22.0 Å². The zero-order valence-corrected chi connectivity index (χ0v) is 15.3. The van der Waals surface area contributed by atoms with E-state index in [4.69, 9.17) is 9.72 Å². The van der Waals surface area contributed by atoms with Gasteiger partial charge in [-0.1, -0.05) is 41.7 Å². The molecule has 0 saturated carbocycles. The molecular weight excluding hydrogens is 348 g/mol. The Kier molecular flexibility index (Phi) is 4.81. The molecule has 7 heteroatoms. The topological polar surface area (TPSA) is 69.0 Å². The fourth-order valence-electron chi connectivity index (χ4n) is 3.07. The van der Waals surface area contributed by atoms with E-state index in [1.807, 2.05) is 48.1 Å². The van der Waals surface area contributed by atoms with Crippen molar-refractivity contribution in [2.45, 2.75) is 12.8 Å². The average Bonchev–Trinajstić information content (AvgIpc) is 3.29. The van der Waals surface area contributed by atoms with E-state index in [0.717, 1.165) is 34.8 Å². The van der Waals surface area contributed by atoms with Crippen LogP contribution in [0.4, 0.5) is 5.13 Å². The molecule has 0 bridgehead atoms. The number of hydrogen-bond donors (Lipinski definition) is 1. The Morgan fingerprint density at radius 2 is 2.04 bits per heavy atom. The molecule has 134 valence electrons. The van der Waals surface area contributed by atoms with Gasteiger partial charge in [0, 0.05) is 44.1 Å². The number of nitrogens with zero attached hydrogens (tertiary/aromatic N) is 3. The number of carbonyl (C=O) groups is 1. The number of rotatable bonds is 4. The first kappa shape index (κ1) is 16.9. The lowest BCUT2D eigenvalue weighted by Crippen LogP contribution is -2.28. The summed E-state index contributed by atoms with van der Waals surface area (Å²) >= 11 is 1.46. The van der Waals surface area contributed by atoms with Crippen LogP contribution in [0.3, 0.4) is 0 Å². The van der Waals surface area contributed by atoms with E-state index in [1.54, 1.807) is 6.20 Å². The zero-order valence-electron chi connectivity index (χ0n) is 14.5. The fourth-order valence-corrected chi connectivity index (χ4v) is 4.10. The van der Waals surface area contributed by atoms with Crippen molar-refractivity contribution in [1.29, 1.82) is 0 Å². The highest BCUT2D eigenvalue weighted by Crippen LogP contribution is 2.38. The quantitative estimate of drug-likeness (QED) is 0.764. The molecule has 0 spiro atoms. The summed E-state index contributed by atoms with van der Waals surface area (Å²) in [4.78, 5) is 22.7. The Balaban J connectivity index is 1.67. The minimum absolute atomic E-state index is 0.00978. The maximum Gasteiger partial charge on any atom is 0.229 e. The van der Waals surface area contributed by atoms with Gasteiger partial charge in [-0.15, -0.1) is 0 Å². The normalized spacial score (nSPS) is 15.1. The van der Waals surface area contributed by atoms with Crippen LogP contribution in [0.2, 0.25) is 0 Å². The average molecular weight is 368 g/mol. The Hall–Kier alpha value is -2.51. The highest BCUT2D eigenvalue weighted by molar-refractivity contribution is 7.19. The van der Waals surface area contributed by atoms with Gasteiger partial charge in [-0.25, -0.2) is 9.97 Å². The second-order valence-corrected chi connectivity index (χ2v) is 7.30. The maximum atomic E-state index is 12.6. The van der Waals surface area contributed by atoms with Crippen molar-refractivity contribution >= 4 is 22.4 Å². The van der Waals surface area contributed by atoms with Gasteiger partial charge >= 0.3 is 0 Å². The van der Waals surface area contributed by atoms with Gasteiger partial charge in [0.1, 0.15) is 0 Å². The molecule has 4 rings (SSSR count). The molecule has 1 N–H and O–H groups in total. The van der Waals surface area contributed by atoms with Crippen molar-refractivity contribution in [3.63, 3.8) is 0 Å². The van der Waals surface area contributed by atoms with E-state index in [9.17, 15) is 4.79 Å². The van der Waals surface area contributed by atoms with Crippen molar-refractivity contribution in [3.05, 3.63) is 42.7 Å². The lowest BCUT2D eigenvalue weighted by molar-refractivity contribution is -0.122. The first-order valence-electron chi connectivity index (χ1n) is 8.65. The third-order valence-electron chi connectivity index (χ3n) is 4.52. The predicted octanol–water partition coefficient (Wildman–Crippen LogP) is 3.58. The number of nitrogens with one attached hydrogen (secondary N) is 1. The molecule has 1 aliphatic rings. The molecule has 26 heavy (non-hydrogen) atoms. The van der Waals surface area contributed by atoms with E-state index in [1.165, 1.54) is 11.3 Å². The zero-order chi connectivity index (χ0) is 17.9. The highest BCUT2D eigenvalue weighted by Gasteiger charge is 2.24. The highest BCUT2D eigenvalue weighted by atomic mass is 32.1. The van der Waals surface area contributed by atoms with Gasteiger partial charge in [0.15, 0.2) is 11.0 Å². The van der Waals surface area contributed by atoms with E-state index in [2.05, 4.69) is 10.3 Å². The Labute approximate surface area is 155 Å². The summed E-state index contributed by atoms with van der Waals surface area (Å²) < 4.78 is 7.30. The molecule has 0 aliphatic carbocycles. The molecule has 1 fully saturated rings. The largest absolute Gasteiger partial charge is 0.381 e. The summed E-state index contributed by atoms with van der Waals surface area (Å²) in [6, 6.07) is 9.98. The SMILES string of the molecule is Cn1ccnc1-c1sc(NC(=O)C2CCOCC2)nc1-c1ccccc1. The molecule has 1 amide bonds. The Morgan fingerprint density at radius 3 is 2.73 bits per heavy atom. The monoisotopic (exact) mass is 368 g/mol. The molecule has 2 aromatic heterocycles. The number of thiazole rings is 1. The fraction of sp³-hybridized carbons (Fsp3) is 0.316. The van der Waals surface area contributed by atoms with E-state index >= 15 is 0 Å². The number of ether oxygens (including phenoxy) is 1. The number of anilines is 1. The smallest absolute Gasteiger partial charge is 0.229 e. The molecule has 6 nitrogen and oxygen atoms in total. The van der Waals surface area contributed by atoms with Gasteiger partial charge in [-0.2, -0.15) is 0 Å².